The van der Waals surface area contributed by atoms with E-state index in [4.69, 9.17) is 4.74 Å². The maximum atomic E-state index is 11.3. The number of hydrogen-bond acceptors (Lipinski definition) is 3. The molecule has 2 rings (SSSR count). The number of nitrogens with one attached hydrogen (secondary N) is 1. The SMILES string of the molecule is CN(S)C(=O)NCc1ccc(Oc2ccccc2)cc1. The van der Waals surface area contributed by atoms with Crippen molar-refractivity contribution in [3.8, 4) is 11.5 Å². The quantitative estimate of drug-likeness (QED) is 0.846. The minimum absolute atomic E-state index is 0.238. The molecule has 0 aliphatic heterocycles. The Morgan fingerprint density at radius 2 is 1.70 bits per heavy atom. The molecule has 0 heterocycles. The summed E-state index contributed by atoms with van der Waals surface area (Å²) in [4.78, 5) is 11.3. The second-order valence-corrected chi connectivity index (χ2v) is 4.84. The van der Waals surface area contributed by atoms with Gasteiger partial charge in [0.1, 0.15) is 11.5 Å². The van der Waals surface area contributed by atoms with Crippen LogP contribution in [0.2, 0.25) is 0 Å². The molecule has 0 aliphatic rings. The highest BCUT2D eigenvalue weighted by atomic mass is 32.1. The van der Waals surface area contributed by atoms with Crippen LogP contribution in [-0.2, 0) is 6.54 Å². The van der Waals surface area contributed by atoms with Gasteiger partial charge in [-0.25, -0.2) is 4.79 Å². The summed E-state index contributed by atoms with van der Waals surface area (Å²) in [5, 5.41) is 2.74. The van der Waals surface area contributed by atoms with Crippen LogP contribution in [0.3, 0.4) is 0 Å². The number of benzene rings is 2. The molecular weight excluding hydrogens is 272 g/mol. The first kappa shape index (κ1) is 14.3. The molecule has 20 heavy (non-hydrogen) atoms. The Labute approximate surface area is 123 Å². The zero-order valence-electron chi connectivity index (χ0n) is 11.1. The summed E-state index contributed by atoms with van der Waals surface area (Å²) in [6, 6.07) is 16.9. The molecule has 4 nitrogen and oxygen atoms in total. The first-order chi connectivity index (χ1) is 9.65. The van der Waals surface area contributed by atoms with Crippen molar-refractivity contribution in [1.29, 1.82) is 0 Å². The highest BCUT2D eigenvalue weighted by Gasteiger charge is 2.03. The third-order valence-corrected chi connectivity index (χ3v) is 2.82. The van der Waals surface area contributed by atoms with Gasteiger partial charge in [-0.1, -0.05) is 43.1 Å². The van der Waals surface area contributed by atoms with Crippen molar-refractivity contribution in [1.82, 2.24) is 9.62 Å². The number of thiol groups is 1. The highest BCUT2D eigenvalue weighted by molar-refractivity contribution is 7.78. The molecule has 0 radical (unpaired) electrons. The molecule has 0 aromatic heterocycles. The summed E-state index contributed by atoms with van der Waals surface area (Å²) in [5.74, 6) is 1.56. The summed E-state index contributed by atoms with van der Waals surface area (Å²) < 4.78 is 6.89. The number of nitrogens with zero attached hydrogens (tertiary/aromatic N) is 1. The van der Waals surface area contributed by atoms with Gasteiger partial charge in [-0.15, -0.1) is 0 Å². The second kappa shape index (κ2) is 6.86. The van der Waals surface area contributed by atoms with E-state index in [0.717, 1.165) is 17.1 Å². The average Bonchev–Trinajstić information content (AvgIpc) is 2.47. The number of hydrogen-bond donors (Lipinski definition) is 2. The summed E-state index contributed by atoms with van der Waals surface area (Å²) in [6.07, 6.45) is 0. The van der Waals surface area contributed by atoms with Crippen LogP contribution >= 0.6 is 12.8 Å². The van der Waals surface area contributed by atoms with Crippen molar-refractivity contribution < 1.29 is 9.53 Å². The van der Waals surface area contributed by atoms with Crippen LogP contribution in [0, 0.1) is 0 Å². The average molecular weight is 288 g/mol. The molecule has 5 heteroatoms. The van der Waals surface area contributed by atoms with E-state index >= 15 is 0 Å². The van der Waals surface area contributed by atoms with Crippen molar-refractivity contribution >= 4 is 18.8 Å². The lowest BCUT2D eigenvalue weighted by Crippen LogP contribution is -2.30. The topological polar surface area (TPSA) is 41.6 Å². The molecule has 0 aliphatic carbocycles. The predicted molar refractivity (Wildman–Crippen MR) is 81.9 cm³/mol. The fourth-order valence-corrected chi connectivity index (χ4v) is 1.66. The fraction of sp³-hybridized carbons (Fsp3) is 0.133. The van der Waals surface area contributed by atoms with Crippen LogP contribution in [0.15, 0.2) is 54.6 Å². The minimum atomic E-state index is -0.238. The Morgan fingerprint density at radius 3 is 2.30 bits per heavy atom. The Kier molecular flexibility index (Phi) is 4.90. The molecule has 0 fully saturated rings. The molecule has 2 amide bonds. The van der Waals surface area contributed by atoms with Crippen LogP contribution < -0.4 is 10.1 Å². The van der Waals surface area contributed by atoms with Crippen molar-refractivity contribution in [3.05, 3.63) is 60.2 Å². The van der Waals surface area contributed by atoms with Crippen LogP contribution in [-0.4, -0.2) is 17.4 Å². The first-order valence-corrected chi connectivity index (χ1v) is 6.57. The Bertz CT molecular complexity index is 556. The zero-order chi connectivity index (χ0) is 14.4. The minimum Gasteiger partial charge on any atom is -0.457 e. The molecule has 2 aromatic rings. The van der Waals surface area contributed by atoms with E-state index in [9.17, 15) is 4.79 Å². The number of urea groups is 1. The smallest absolute Gasteiger partial charge is 0.327 e. The molecule has 0 bridgehead atoms. The molecule has 104 valence electrons. The normalized spacial score (nSPS) is 9.90. The number of rotatable bonds is 4. The van der Waals surface area contributed by atoms with Gasteiger partial charge in [-0.05, 0) is 29.8 Å². The van der Waals surface area contributed by atoms with Crippen molar-refractivity contribution in [2.75, 3.05) is 7.05 Å². The number of carbonyl (C=O) groups is 1. The van der Waals surface area contributed by atoms with Crippen LogP contribution in [0.5, 0.6) is 11.5 Å². The summed E-state index contributed by atoms with van der Waals surface area (Å²) in [5.41, 5.74) is 0.994. The van der Waals surface area contributed by atoms with Gasteiger partial charge >= 0.3 is 6.03 Å². The van der Waals surface area contributed by atoms with Gasteiger partial charge in [0.05, 0.1) is 0 Å². The Balaban J connectivity index is 1.91. The molecule has 0 spiro atoms. The Hall–Kier alpha value is -2.14. The monoisotopic (exact) mass is 288 g/mol. The van der Waals surface area contributed by atoms with Crippen LogP contribution in [0.4, 0.5) is 4.79 Å². The lowest BCUT2D eigenvalue weighted by molar-refractivity contribution is 0.230. The molecule has 2 aromatic carbocycles. The van der Waals surface area contributed by atoms with Gasteiger partial charge in [0.2, 0.25) is 0 Å². The third kappa shape index (κ3) is 4.20. The van der Waals surface area contributed by atoms with E-state index in [1.54, 1.807) is 7.05 Å². The summed E-state index contributed by atoms with van der Waals surface area (Å²) >= 11 is 3.91. The third-order valence-electron chi connectivity index (χ3n) is 2.64. The van der Waals surface area contributed by atoms with Gasteiger partial charge in [0, 0.05) is 13.6 Å². The van der Waals surface area contributed by atoms with E-state index in [-0.39, 0.29) is 6.03 Å². The highest BCUT2D eigenvalue weighted by Crippen LogP contribution is 2.20. The summed E-state index contributed by atoms with van der Waals surface area (Å²) in [6.45, 7) is 0.454. The van der Waals surface area contributed by atoms with Crippen LogP contribution in [0.25, 0.3) is 0 Å². The fourth-order valence-electron chi connectivity index (χ4n) is 1.59. The van der Waals surface area contributed by atoms with Crippen molar-refractivity contribution in [2.24, 2.45) is 0 Å². The van der Waals surface area contributed by atoms with E-state index < -0.39 is 0 Å². The van der Waals surface area contributed by atoms with Gasteiger partial charge in [0.25, 0.3) is 0 Å². The van der Waals surface area contributed by atoms with Gasteiger partial charge < -0.3 is 10.1 Å². The number of amides is 2. The first-order valence-electron chi connectivity index (χ1n) is 6.17. The van der Waals surface area contributed by atoms with Gasteiger partial charge in [-0.2, -0.15) is 0 Å². The number of carbonyl (C=O) groups excluding carboxylic acids is 1. The van der Waals surface area contributed by atoms with Gasteiger partial charge in [0.15, 0.2) is 0 Å². The maximum absolute atomic E-state index is 11.3. The molecule has 0 unspecified atom stereocenters. The van der Waals surface area contributed by atoms with Gasteiger partial charge in [-0.3, -0.25) is 4.31 Å². The Morgan fingerprint density at radius 1 is 1.10 bits per heavy atom. The zero-order valence-corrected chi connectivity index (χ0v) is 12.0. The van der Waals surface area contributed by atoms with E-state index in [1.165, 1.54) is 4.31 Å². The maximum Gasteiger partial charge on any atom is 0.327 e. The standard InChI is InChI=1S/C15H16N2O2S/c1-17(20)15(18)16-11-12-7-9-14(10-8-12)19-13-5-3-2-4-6-13/h2-10,20H,11H2,1H3,(H,16,18). The molecule has 0 saturated carbocycles. The predicted octanol–water partition coefficient (Wildman–Crippen LogP) is 3.47. The number of ether oxygens (including phenoxy) is 1. The molecule has 0 saturated heterocycles. The van der Waals surface area contributed by atoms with E-state index in [1.807, 2.05) is 54.6 Å². The summed E-state index contributed by atoms with van der Waals surface area (Å²) in [7, 11) is 1.58. The number of para-hydroxylation sites is 1. The molecular formula is C15H16N2O2S. The lowest BCUT2D eigenvalue weighted by Gasteiger charge is -2.11. The molecule has 0 atom stereocenters. The van der Waals surface area contributed by atoms with Crippen molar-refractivity contribution in [2.45, 2.75) is 6.54 Å². The molecule has 1 N–H and O–H groups in total. The largest absolute Gasteiger partial charge is 0.457 e. The van der Waals surface area contributed by atoms with E-state index in [0.29, 0.717) is 6.54 Å². The second-order valence-electron chi connectivity index (χ2n) is 4.24. The van der Waals surface area contributed by atoms with E-state index in [2.05, 4.69) is 18.1 Å². The van der Waals surface area contributed by atoms with Crippen molar-refractivity contribution in [3.63, 3.8) is 0 Å². The lowest BCUT2D eigenvalue weighted by atomic mass is 10.2. The van der Waals surface area contributed by atoms with Crippen LogP contribution in [0.1, 0.15) is 5.56 Å².